The summed E-state index contributed by atoms with van der Waals surface area (Å²) in [6, 6.07) is 0. The quantitative estimate of drug-likeness (QED) is 0.475. The van der Waals surface area contributed by atoms with E-state index in [0.717, 1.165) is 4.71 Å². The summed E-state index contributed by atoms with van der Waals surface area (Å²) in [5.74, 6) is 4.51. The minimum absolute atomic E-state index is 0.120. The zero-order chi connectivity index (χ0) is 7.86. The molecule has 0 nitrogen and oxygen atoms in total. The van der Waals surface area contributed by atoms with E-state index in [-0.39, 0.29) is 8.80 Å². The molecular weight excluding hydrogens is 208 g/mol. The van der Waals surface area contributed by atoms with Crippen LogP contribution in [0.25, 0.3) is 0 Å². The van der Waals surface area contributed by atoms with E-state index in [4.69, 9.17) is 11.6 Å². The Labute approximate surface area is 70.7 Å². The molecule has 0 aliphatic carbocycles. The molecule has 0 heterocycles. The van der Waals surface area contributed by atoms with E-state index in [1.807, 2.05) is 0 Å². The topological polar surface area (TPSA) is 0 Å². The van der Waals surface area contributed by atoms with Gasteiger partial charge in [0, 0.05) is 8.80 Å². The van der Waals surface area contributed by atoms with Gasteiger partial charge in [0.05, 0.1) is 0 Å². The van der Waals surface area contributed by atoms with Crippen LogP contribution in [0.5, 0.6) is 0 Å². The van der Waals surface area contributed by atoms with Crippen molar-refractivity contribution in [3.8, 4) is 0 Å². The Morgan fingerprint density at radius 2 is 1.33 bits per heavy atom. The van der Waals surface area contributed by atoms with Crippen molar-refractivity contribution >= 4 is 34.7 Å². The number of hydrogen-bond acceptors (Lipinski definition) is 0. The summed E-state index contributed by atoms with van der Waals surface area (Å²) in [7, 11) is 0.120. The first-order chi connectivity index (χ1) is 4.00. The molecule has 9 heavy (non-hydrogen) atoms. The molecule has 0 fully saturated rings. The zero-order valence-electron chi connectivity index (χ0n) is 7.09. The second-order valence-electron chi connectivity index (χ2n) is 2.84. The van der Waals surface area contributed by atoms with Crippen LogP contribution >= 0.6 is 11.6 Å². The van der Waals surface area contributed by atoms with Crippen molar-refractivity contribution in [1.29, 1.82) is 0 Å². The molecule has 0 atom stereocenters. The van der Waals surface area contributed by atoms with Gasteiger partial charge in [-0.15, -0.1) is 0 Å². The molecule has 0 aromatic rings. The van der Waals surface area contributed by atoms with Crippen LogP contribution in [-0.4, -0.2) is 27.9 Å². The molecule has 0 N–H and O–H groups in total. The van der Waals surface area contributed by atoms with Gasteiger partial charge in [-0.05, 0) is 0 Å². The second kappa shape index (κ2) is 9.05. The standard InChI is InChI=1S/C3H8ClGe.C3H9Si/c1-5(2)3-4;1-4(2)3/h3H2,1-2H3;1-3H3. The van der Waals surface area contributed by atoms with Gasteiger partial charge in [0.1, 0.15) is 0 Å². The van der Waals surface area contributed by atoms with Crippen molar-refractivity contribution in [2.24, 2.45) is 0 Å². The van der Waals surface area contributed by atoms with Crippen LogP contribution in [0, 0.1) is 0 Å². The zero-order valence-corrected chi connectivity index (χ0v) is 10.9. The van der Waals surface area contributed by atoms with Crippen LogP contribution in [0.2, 0.25) is 31.2 Å². The molecule has 56 valence electrons. The number of halogens is 1. The normalized spacial score (nSPS) is 9.33. The monoisotopic (exact) mass is 226 g/mol. The van der Waals surface area contributed by atoms with Crippen molar-refractivity contribution in [2.75, 3.05) is 4.71 Å². The maximum atomic E-state index is 5.41. The fraction of sp³-hybridized carbons (Fsp3) is 1.00. The van der Waals surface area contributed by atoms with E-state index >= 15 is 0 Å². The van der Waals surface area contributed by atoms with E-state index in [9.17, 15) is 0 Å². The van der Waals surface area contributed by atoms with Crippen LogP contribution < -0.4 is 0 Å². The van der Waals surface area contributed by atoms with Crippen LogP contribution in [0.3, 0.4) is 0 Å². The van der Waals surface area contributed by atoms with E-state index in [1.165, 1.54) is 0 Å². The van der Waals surface area contributed by atoms with Crippen LogP contribution in [-0.2, 0) is 0 Å². The Kier molecular flexibility index (Phi) is 12.8. The van der Waals surface area contributed by atoms with Gasteiger partial charge in [-0.25, -0.2) is 0 Å². The Morgan fingerprint density at radius 3 is 1.33 bits per heavy atom. The Balaban J connectivity index is 0. The predicted octanol–water partition coefficient (Wildman–Crippen LogP) is 2.89. The number of alkyl halides is 1. The SMILES string of the molecule is C[Si](C)C.[CH3][Ge]([CH3])[CH2]Cl. The summed E-state index contributed by atoms with van der Waals surface area (Å²) in [6.45, 7) is 6.81. The summed E-state index contributed by atoms with van der Waals surface area (Å²) >= 11 is 4.82. The molecule has 0 spiro atoms. The van der Waals surface area contributed by atoms with Gasteiger partial charge in [0.25, 0.3) is 0 Å². The first kappa shape index (κ1) is 12.7. The van der Waals surface area contributed by atoms with E-state index in [1.54, 1.807) is 0 Å². The molecule has 0 amide bonds. The molecule has 0 saturated heterocycles. The molecule has 0 rings (SSSR count). The molecular formula is C6H17ClGeSi. The van der Waals surface area contributed by atoms with Gasteiger partial charge in [0.2, 0.25) is 0 Å². The third kappa shape index (κ3) is 48.4. The molecule has 0 aliphatic heterocycles. The summed E-state index contributed by atoms with van der Waals surface area (Å²) < 4.78 is 0.944. The van der Waals surface area contributed by atoms with Gasteiger partial charge in [-0.3, -0.25) is 0 Å². The summed E-state index contributed by atoms with van der Waals surface area (Å²) in [5.41, 5.74) is 0. The second-order valence-corrected chi connectivity index (χ2v) is 12.9. The van der Waals surface area contributed by atoms with Crippen LogP contribution in [0.4, 0.5) is 0 Å². The van der Waals surface area contributed by atoms with Crippen molar-refractivity contribution in [1.82, 2.24) is 0 Å². The van der Waals surface area contributed by atoms with Gasteiger partial charge in [-0.2, -0.15) is 0 Å². The molecule has 0 aromatic carbocycles. The first-order valence-corrected chi connectivity index (χ1v) is 12.3. The van der Waals surface area contributed by atoms with Crippen molar-refractivity contribution in [3.63, 3.8) is 0 Å². The Hall–Kier alpha value is 1.05. The Bertz CT molecular complexity index is 45.6. The molecule has 0 saturated carbocycles. The van der Waals surface area contributed by atoms with Crippen LogP contribution in [0.1, 0.15) is 0 Å². The molecule has 0 aliphatic rings. The molecule has 2 radical (unpaired) electrons. The van der Waals surface area contributed by atoms with Gasteiger partial charge < -0.3 is 0 Å². The molecule has 3 heteroatoms. The predicted molar refractivity (Wildman–Crippen MR) is 51.5 cm³/mol. The summed E-state index contributed by atoms with van der Waals surface area (Å²) in [6.07, 6.45) is 0. The molecule has 0 unspecified atom stereocenters. The number of hydrogen-bond donors (Lipinski definition) is 0. The Morgan fingerprint density at radius 1 is 1.22 bits per heavy atom. The van der Waals surface area contributed by atoms with Crippen LogP contribution in [0.15, 0.2) is 0 Å². The number of rotatable bonds is 1. The third-order valence-corrected chi connectivity index (χ3v) is 4.17. The fourth-order valence-electron chi connectivity index (χ4n) is 0. The minimum atomic E-state index is -0.591. The maximum absolute atomic E-state index is 5.41. The third-order valence-electron chi connectivity index (χ3n) is 0.267. The van der Waals surface area contributed by atoms with Crippen molar-refractivity contribution in [2.45, 2.75) is 31.2 Å². The fourth-order valence-corrected chi connectivity index (χ4v) is 0. The van der Waals surface area contributed by atoms with Crippen molar-refractivity contribution in [3.05, 3.63) is 0 Å². The van der Waals surface area contributed by atoms with E-state index in [2.05, 4.69) is 31.2 Å². The summed E-state index contributed by atoms with van der Waals surface area (Å²) in [5, 5.41) is 0. The van der Waals surface area contributed by atoms with Gasteiger partial charge >= 0.3 is 42.2 Å². The van der Waals surface area contributed by atoms with E-state index < -0.39 is 14.3 Å². The van der Waals surface area contributed by atoms with Gasteiger partial charge in [0.15, 0.2) is 0 Å². The van der Waals surface area contributed by atoms with E-state index in [0.29, 0.717) is 0 Å². The summed E-state index contributed by atoms with van der Waals surface area (Å²) in [4.78, 5) is 0. The average Bonchev–Trinajstić information content (AvgIpc) is 1.65. The molecule has 0 aromatic heterocycles. The first-order valence-electron chi connectivity index (χ1n) is 3.12. The average molecular weight is 225 g/mol. The van der Waals surface area contributed by atoms with Gasteiger partial charge in [-0.1, -0.05) is 19.6 Å². The van der Waals surface area contributed by atoms with Crippen molar-refractivity contribution < 1.29 is 0 Å². The molecule has 0 bridgehead atoms.